The number of rotatable bonds is 3. The van der Waals surface area contributed by atoms with Gasteiger partial charge in [0.15, 0.2) is 0 Å². The molecule has 1 saturated carbocycles. The van der Waals surface area contributed by atoms with Crippen molar-refractivity contribution in [3.63, 3.8) is 0 Å². The van der Waals surface area contributed by atoms with E-state index in [2.05, 4.69) is 15.9 Å². The summed E-state index contributed by atoms with van der Waals surface area (Å²) < 4.78 is 6.61. The fraction of sp³-hybridized carbons (Fsp3) is 0.417. The van der Waals surface area contributed by atoms with Crippen molar-refractivity contribution in [3.8, 4) is 5.75 Å². The van der Waals surface area contributed by atoms with E-state index >= 15 is 0 Å². The molecule has 4 heteroatoms. The third-order valence-electron chi connectivity index (χ3n) is 2.93. The van der Waals surface area contributed by atoms with Gasteiger partial charge in [-0.1, -0.05) is 15.9 Å². The van der Waals surface area contributed by atoms with Crippen LogP contribution < -0.4 is 4.74 Å². The summed E-state index contributed by atoms with van der Waals surface area (Å²) in [6, 6.07) is 7.26. The highest BCUT2D eigenvalue weighted by Gasteiger charge is 2.43. The van der Waals surface area contributed by atoms with Gasteiger partial charge in [-0.3, -0.25) is 0 Å². The van der Waals surface area contributed by atoms with Crippen LogP contribution in [-0.4, -0.2) is 16.7 Å². The molecule has 1 aliphatic carbocycles. The monoisotopic (exact) mass is 284 g/mol. The number of hydrogen-bond acceptors (Lipinski definition) is 2. The Bertz CT molecular complexity index is 380. The lowest BCUT2D eigenvalue weighted by Gasteiger charge is -2.25. The fourth-order valence-corrected chi connectivity index (χ4v) is 2.30. The molecule has 1 aromatic rings. The third-order valence-corrected chi connectivity index (χ3v) is 3.46. The number of ether oxygens (including phenoxy) is 1. The van der Waals surface area contributed by atoms with E-state index in [-0.39, 0.29) is 0 Å². The maximum atomic E-state index is 11.3. The molecular weight excluding hydrogens is 272 g/mol. The lowest BCUT2D eigenvalue weighted by Crippen LogP contribution is -2.41. The molecule has 3 nitrogen and oxygen atoms in total. The summed E-state index contributed by atoms with van der Waals surface area (Å²) in [6.07, 6.45) is 3.03. The largest absolute Gasteiger partial charge is 0.478 e. The van der Waals surface area contributed by atoms with Crippen LogP contribution in [-0.2, 0) is 4.79 Å². The second kappa shape index (κ2) is 4.45. The van der Waals surface area contributed by atoms with Crippen molar-refractivity contribution in [1.29, 1.82) is 0 Å². The summed E-state index contributed by atoms with van der Waals surface area (Å²) in [7, 11) is 0. The highest BCUT2D eigenvalue weighted by molar-refractivity contribution is 9.10. The lowest BCUT2D eigenvalue weighted by molar-refractivity contribution is -0.154. The van der Waals surface area contributed by atoms with Gasteiger partial charge in [-0.05, 0) is 49.9 Å². The predicted molar refractivity (Wildman–Crippen MR) is 63.6 cm³/mol. The Morgan fingerprint density at radius 2 is 1.81 bits per heavy atom. The molecule has 1 aromatic carbocycles. The molecule has 1 fully saturated rings. The molecule has 0 saturated heterocycles. The quantitative estimate of drug-likeness (QED) is 0.927. The topological polar surface area (TPSA) is 46.5 Å². The lowest BCUT2D eigenvalue weighted by atomic mass is 10.0. The van der Waals surface area contributed by atoms with Crippen LogP contribution in [0, 0.1) is 0 Å². The Hall–Kier alpha value is -1.03. The molecular formula is C12H13BrO3. The third kappa shape index (κ3) is 2.21. The zero-order valence-electron chi connectivity index (χ0n) is 8.78. The normalized spacial score (nSPS) is 18.3. The first-order chi connectivity index (χ1) is 7.62. The number of halogens is 1. The Labute approximate surface area is 103 Å². The van der Waals surface area contributed by atoms with Crippen LogP contribution in [0.5, 0.6) is 5.75 Å². The van der Waals surface area contributed by atoms with Crippen LogP contribution in [0.25, 0.3) is 0 Å². The standard InChI is InChI=1S/C12H13BrO3/c13-9-3-5-10(6-4-9)16-12(11(14)15)7-1-2-8-12/h3-6H,1-2,7-8H2,(H,14,15). The molecule has 0 bridgehead atoms. The summed E-state index contributed by atoms with van der Waals surface area (Å²) >= 11 is 3.33. The molecule has 0 aromatic heterocycles. The van der Waals surface area contributed by atoms with E-state index in [1.54, 1.807) is 12.1 Å². The minimum absolute atomic E-state index is 0.596. The molecule has 0 atom stereocenters. The molecule has 2 rings (SSSR count). The molecule has 0 spiro atoms. The van der Waals surface area contributed by atoms with E-state index in [9.17, 15) is 9.90 Å². The van der Waals surface area contributed by atoms with Gasteiger partial charge >= 0.3 is 5.97 Å². The number of carboxylic acid groups (broad SMARTS) is 1. The van der Waals surface area contributed by atoms with Gasteiger partial charge in [0.1, 0.15) is 5.75 Å². The smallest absolute Gasteiger partial charge is 0.348 e. The molecule has 0 unspecified atom stereocenters. The van der Waals surface area contributed by atoms with Crippen molar-refractivity contribution in [2.75, 3.05) is 0 Å². The van der Waals surface area contributed by atoms with Gasteiger partial charge in [0.25, 0.3) is 0 Å². The van der Waals surface area contributed by atoms with E-state index in [1.165, 1.54) is 0 Å². The van der Waals surface area contributed by atoms with Crippen LogP contribution >= 0.6 is 15.9 Å². The molecule has 0 aliphatic heterocycles. The number of aliphatic carboxylic acids is 1. The summed E-state index contributed by atoms with van der Waals surface area (Å²) in [5, 5.41) is 9.25. The van der Waals surface area contributed by atoms with Crippen LogP contribution in [0.3, 0.4) is 0 Å². The molecule has 0 amide bonds. The number of benzene rings is 1. The van der Waals surface area contributed by atoms with Crippen molar-refractivity contribution >= 4 is 21.9 Å². The maximum Gasteiger partial charge on any atom is 0.348 e. The Balaban J connectivity index is 2.18. The Kier molecular flexibility index (Phi) is 3.19. The Morgan fingerprint density at radius 1 is 1.25 bits per heavy atom. The number of hydrogen-bond donors (Lipinski definition) is 1. The van der Waals surface area contributed by atoms with Gasteiger partial charge in [0.2, 0.25) is 5.60 Å². The molecule has 86 valence electrons. The highest BCUT2D eigenvalue weighted by Crippen LogP contribution is 2.35. The van der Waals surface area contributed by atoms with Crippen molar-refractivity contribution in [2.24, 2.45) is 0 Å². The first kappa shape index (κ1) is 11.5. The fourth-order valence-electron chi connectivity index (χ4n) is 2.03. The van der Waals surface area contributed by atoms with Crippen LogP contribution in [0.15, 0.2) is 28.7 Å². The van der Waals surface area contributed by atoms with Crippen LogP contribution in [0.1, 0.15) is 25.7 Å². The maximum absolute atomic E-state index is 11.3. The summed E-state index contributed by atoms with van der Waals surface area (Å²) in [6.45, 7) is 0. The predicted octanol–water partition coefficient (Wildman–Crippen LogP) is 3.23. The minimum atomic E-state index is -1.01. The summed E-state index contributed by atoms with van der Waals surface area (Å²) in [5.41, 5.74) is -1.01. The molecule has 0 heterocycles. The van der Waals surface area contributed by atoms with Crippen LogP contribution in [0.2, 0.25) is 0 Å². The van der Waals surface area contributed by atoms with E-state index in [0.29, 0.717) is 18.6 Å². The first-order valence-electron chi connectivity index (χ1n) is 5.30. The van der Waals surface area contributed by atoms with Gasteiger partial charge in [0.05, 0.1) is 0 Å². The van der Waals surface area contributed by atoms with Gasteiger partial charge in [-0.15, -0.1) is 0 Å². The number of carbonyl (C=O) groups is 1. The average molecular weight is 285 g/mol. The zero-order valence-corrected chi connectivity index (χ0v) is 10.4. The van der Waals surface area contributed by atoms with Gasteiger partial charge in [-0.25, -0.2) is 4.79 Å². The molecule has 16 heavy (non-hydrogen) atoms. The van der Waals surface area contributed by atoms with E-state index in [4.69, 9.17) is 4.74 Å². The van der Waals surface area contributed by atoms with Crippen molar-refractivity contribution in [3.05, 3.63) is 28.7 Å². The SMILES string of the molecule is O=C(O)C1(Oc2ccc(Br)cc2)CCCC1. The molecule has 1 aliphatic rings. The van der Waals surface area contributed by atoms with Crippen molar-refractivity contribution in [1.82, 2.24) is 0 Å². The van der Waals surface area contributed by atoms with Crippen LogP contribution in [0.4, 0.5) is 0 Å². The highest BCUT2D eigenvalue weighted by atomic mass is 79.9. The van der Waals surface area contributed by atoms with Gasteiger partial charge in [-0.2, -0.15) is 0 Å². The van der Waals surface area contributed by atoms with E-state index in [1.807, 2.05) is 12.1 Å². The van der Waals surface area contributed by atoms with Crippen molar-refractivity contribution in [2.45, 2.75) is 31.3 Å². The Morgan fingerprint density at radius 3 is 2.31 bits per heavy atom. The van der Waals surface area contributed by atoms with E-state index < -0.39 is 11.6 Å². The first-order valence-corrected chi connectivity index (χ1v) is 6.10. The average Bonchev–Trinajstić information content (AvgIpc) is 2.71. The second-order valence-electron chi connectivity index (χ2n) is 4.06. The molecule has 0 radical (unpaired) electrons. The summed E-state index contributed by atoms with van der Waals surface area (Å²) in [5.74, 6) is -0.236. The summed E-state index contributed by atoms with van der Waals surface area (Å²) in [4.78, 5) is 11.3. The zero-order chi connectivity index (χ0) is 11.6. The van der Waals surface area contributed by atoms with Crippen molar-refractivity contribution < 1.29 is 14.6 Å². The van der Waals surface area contributed by atoms with Gasteiger partial charge < -0.3 is 9.84 Å². The minimum Gasteiger partial charge on any atom is -0.478 e. The number of carboxylic acids is 1. The van der Waals surface area contributed by atoms with Gasteiger partial charge in [0, 0.05) is 4.47 Å². The van der Waals surface area contributed by atoms with E-state index in [0.717, 1.165) is 17.3 Å². The molecule has 1 N–H and O–H groups in total. The second-order valence-corrected chi connectivity index (χ2v) is 4.98.